The normalized spacial score (nSPS) is 19.9. The van der Waals surface area contributed by atoms with Crippen LogP contribution < -0.4 is 5.32 Å². The Balaban J connectivity index is 2.03. The lowest BCUT2D eigenvalue weighted by Crippen LogP contribution is -2.51. The quantitative estimate of drug-likeness (QED) is 0.737. The van der Waals surface area contributed by atoms with Crippen LogP contribution in [0.5, 0.6) is 0 Å². The lowest BCUT2D eigenvalue weighted by atomic mass is 10.1. The molecule has 0 spiro atoms. The van der Waals surface area contributed by atoms with E-state index in [0.29, 0.717) is 18.7 Å². The van der Waals surface area contributed by atoms with E-state index in [1.54, 1.807) is 30.3 Å². The summed E-state index contributed by atoms with van der Waals surface area (Å²) in [6, 6.07) is 6.92. The summed E-state index contributed by atoms with van der Waals surface area (Å²) in [6.45, 7) is 0.749. The van der Waals surface area contributed by atoms with Crippen LogP contribution >= 0.6 is 0 Å². The van der Waals surface area contributed by atoms with E-state index in [9.17, 15) is 14.7 Å². The second kappa shape index (κ2) is 7.05. The van der Waals surface area contributed by atoms with Gasteiger partial charge >= 0.3 is 12.0 Å². The lowest BCUT2D eigenvalue weighted by molar-refractivity contribution is -0.139. The molecule has 1 aliphatic rings. The number of aliphatic carboxylic acids is 1. The van der Waals surface area contributed by atoms with Crippen LogP contribution in [0.25, 0.3) is 0 Å². The fourth-order valence-electron chi connectivity index (χ4n) is 2.16. The lowest BCUT2D eigenvalue weighted by Gasteiger charge is -2.32. The molecule has 7 heteroatoms. The van der Waals surface area contributed by atoms with Crippen molar-refractivity contribution in [1.29, 1.82) is 0 Å². The van der Waals surface area contributed by atoms with Crippen LogP contribution in [0.3, 0.4) is 0 Å². The number of rotatable bonds is 4. The van der Waals surface area contributed by atoms with E-state index in [1.165, 1.54) is 4.90 Å². The van der Waals surface area contributed by atoms with Gasteiger partial charge in [0.15, 0.2) is 6.04 Å². The Bertz CT molecular complexity index is 493. The van der Waals surface area contributed by atoms with Gasteiger partial charge in [-0.2, -0.15) is 0 Å². The zero-order valence-corrected chi connectivity index (χ0v) is 11.4. The summed E-state index contributed by atoms with van der Waals surface area (Å²) in [4.78, 5) is 25.0. The highest BCUT2D eigenvalue weighted by Gasteiger charge is 2.28. The fourth-order valence-corrected chi connectivity index (χ4v) is 2.16. The molecule has 114 valence electrons. The molecule has 0 saturated carbocycles. The number of hydrogen-bond acceptors (Lipinski definition) is 4. The minimum absolute atomic E-state index is 0.176. The number of carboxylic acid groups (broad SMARTS) is 1. The van der Waals surface area contributed by atoms with Crippen LogP contribution in [0.4, 0.5) is 4.79 Å². The standard InChI is InChI=1S/C14H18N2O5/c17-9-11-8-16(6-7-21-11)14(20)15-12(13(18)19)10-4-2-1-3-5-10/h1-5,11-12,17H,6-9H2,(H,15,20)(H,18,19)/t11?,12-/m0/s1. The molecule has 0 aliphatic carbocycles. The maximum atomic E-state index is 12.2. The van der Waals surface area contributed by atoms with Gasteiger partial charge in [0, 0.05) is 6.54 Å². The van der Waals surface area contributed by atoms with Crippen LogP contribution in [0, 0.1) is 0 Å². The van der Waals surface area contributed by atoms with Gasteiger partial charge in [0.05, 0.1) is 25.9 Å². The molecule has 2 atom stereocenters. The Kier molecular flexibility index (Phi) is 5.13. The maximum absolute atomic E-state index is 12.2. The van der Waals surface area contributed by atoms with Crippen LogP contribution in [-0.4, -0.2) is 59.5 Å². The molecular formula is C14H18N2O5. The Morgan fingerprint density at radius 3 is 2.71 bits per heavy atom. The average Bonchev–Trinajstić information content (AvgIpc) is 2.53. The molecule has 1 aromatic carbocycles. The first-order valence-corrected chi connectivity index (χ1v) is 6.67. The van der Waals surface area contributed by atoms with Crippen molar-refractivity contribution in [2.24, 2.45) is 0 Å². The molecule has 1 aromatic rings. The van der Waals surface area contributed by atoms with Crippen molar-refractivity contribution in [3.63, 3.8) is 0 Å². The van der Waals surface area contributed by atoms with Crippen molar-refractivity contribution in [3.05, 3.63) is 35.9 Å². The summed E-state index contributed by atoms with van der Waals surface area (Å²) < 4.78 is 5.26. The number of urea groups is 1. The molecule has 1 fully saturated rings. The third-order valence-electron chi connectivity index (χ3n) is 3.28. The fraction of sp³-hybridized carbons (Fsp3) is 0.429. The van der Waals surface area contributed by atoms with Crippen molar-refractivity contribution in [2.75, 3.05) is 26.3 Å². The van der Waals surface area contributed by atoms with Crippen molar-refractivity contribution in [2.45, 2.75) is 12.1 Å². The van der Waals surface area contributed by atoms with Gasteiger partial charge < -0.3 is 25.2 Å². The molecule has 0 aromatic heterocycles. The molecule has 7 nitrogen and oxygen atoms in total. The summed E-state index contributed by atoms with van der Waals surface area (Å²) >= 11 is 0. The van der Waals surface area contributed by atoms with Gasteiger partial charge in [-0.05, 0) is 5.56 Å². The first-order valence-electron chi connectivity index (χ1n) is 6.67. The van der Waals surface area contributed by atoms with Gasteiger partial charge in [-0.25, -0.2) is 9.59 Å². The predicted molar refractivity (Wildman–Crippen MR) is 73.7 cm³/mol. The number of hydrogen-bond donors (Lipinski definition) is 3. The molecule has 0 bridgehead atoms. The highest BCUT2D eigenvalue weighted by Crippen LogP contribution is 2.14. The second-order valence-corrected chi connectivity index (χ2v) is 4.75. The molecule has 1 aliphatic heterocycles. The summed E-state index contributed by atoms with van der Waals surface area (Å²) in [6.07, 6.45) is -0.426. The SMILES string of the molecule is O=C(O)[C@@H](NC(=O)N1CCOC(CO)C1)c1ccccc1. The topological polar surface area (TPSA) is 99.1 Å². The molecule has 2 rings (SSSR count). The molecular weight excluding hydrogens is 276 g/mol. The zero-order chi connectivity index (χ0) is 15.2. The third-order valence-corrected chi connectivity index (χ3v) is 3.28. The van der Waals surface area contributed by atoms with Gasteiger partial charge in [0.2, 0.25) is 0 Å². The number of ether oxygens (including phenoxy) is 1. The first-order chi connectivity index (χ1) is 10.1. The molecule has 1 unspecified atom stereocenters. The highest BCUT2D eigenvalue weighted by atomic mass is 16.5. The van der Waals surface area contributed by atoms with Gasteiger partial charge in [-0.15, -0.1) is 0 Å². The van der Waals surface area contributed by atoms with Crippen molar-refractivity contribution < 1.29 is 24.5 Å². The largest absolute Gasteiger partial charge is 0.479 e. The van der Waals surface area contributed by atoms with Gasteiger partial charge in [-0.1, -0.05) is 30.3 Å². The van der Waals surface area contributed by atoms with E-state index in [1.807, 2.05) is 0 Å². The second-order valence-electron chi connectivity index (χ2n) is 4.75. The maximum Gasteiger partial charge on any atom is 0.330 e. The summed E-state index contributed by atoms with van der Waals surface area (Å²) in [5, 5.41) is 20.8. The Morgan fingerprint density at radius 2 is 2.10 bits per heavy atom. The number of carbonyl (C=O) groups excluding carboxylic acids is 1. The van der Waals surface area contributed by atoms with Crippen molar-refractivity contribution in [1.82, 2.24) is 10.2 Å². The van der Waals surface area contributed by atoms with E-state index >= 15 is 0 Å². The smallest absolute Gasteiger partial charge is 0.330 e. The molecule has 3 N–H and O–H groups in total. The summed E-state index contributed by atoms with van der Waals surface area (Å²) in [5.74, 6) is -1.12. The number of aliphatic hydroxyl groups excluding tert-OH is 1. The number of carbonyl (C=O) groups is 2. The predicted octanol–water partition coefficient (Wildman–Crippen LogP) is 0.215. The van der Waals surface area contributed by atoms with Gasteiger partial charge in [-0.3, -0.25) is 0 Å². The first kappa shape index (κ1) is 15.3. The number of morpholine rings is 1. The minimum atomic E-state index is -1.12. The van der Waals surface area contributed by atoms with Gasteiger partial charge in [0.1, 0.15) is 0 Å². The molecule has 1 saturated heterocycles. The van der Waals surface area contributed by atoms with Gasteiger partial charge in [0.25, 0.3) is 0 Å². The summed E-state index contributed by atoms with van der Waals surface area (Å²) in [7, 11) is 0. The monoisotopic (exact) mass is 294 g/mol. The zero-order valence-electron chi connectivity index (χ0n) is 11.4. The molecule has 1 heterocycles. The molecule has 21 heavy (non-hydrogen) atoms. The number of carboxylic acids is 1. The number of nitrogens with zero attached hydrogens (tertiary/aromatic N) is 1. The van der Waals surface area contributed by atoms with E-state index < -0.39 is 24.1 Å². The van der Waals surface area contributed by atoms with E-state index in [-0.39, 0.29) is 13.2 Å². The van der Waals surface area contributed by atoms with Crippen molar-refractivity contribution >= 4 is 12.0 Å². The van der Waals surface area contributed by atoms with Crippen LogP contribution in [0.15, 0.2) is 30.3 Å². The third kappa shape index (κ3) is 3.93. The van der Waals surface area contributed by atoms with Crippen LogP contribution in [-0.2, 0) is 9.53 Å². The van der Waals surface area contributed by atoms with Crippen LogP contribution in [0.1, 0.15) is 11.6 Å². The average molecular weight is 294 g/mol. The van der Waals surface area contributed by atoms with E-state index in [0.717, 1.165) is 0 Å². The summed E-state index contributed by atoms with van der Waals surface area (Å²) in [5.41, 5.74) is 0.505. The number of benzene rings is 1. The van der Waals surface area contributed by atoms with E-state index in [4.69, 9.17) is 9.84 Å². The molecule has 0 radical (unpaired) electrons. The highest BCUT2D eigenvalue weighted by molar-refractivity contribution is 5.83. The Labute approximate surface area is 122 Å². The Hall–Kier alpha value is -2.12. The Morgan fingerprint density at radius 1 is 1.38 bits per heavy atom. The minimum Gasteiger partial charge on any atom is -0.479 e. The van der Waals surface area contributed by atoms with Crippen LogP contribution in [0.2, 0.25) is 0 Å². The van der Waals surface area contributed by atoms with Crippen molar-refractivity contribution in [3.8, 4) is 0 Å². The molecule has 2 amide bonds. The number of aliphatic hydroxyl groups is 1. The van der Waals surface area contributed by atoms with E-state index in [2.05, 4.69) is 5.32 Å². The number of amides is 2. The number of nitrogens with one attached hydrogen (secondary N) is 1.